The molecule has 0 fully saturated rings. The van der Waals surface area contributed by atoms with Gasteiger partial charge in [0.15, 0.2) is 0 Å². The number of anilines is 2. The molecule has 1 aromatic carbocycles. The second-order valence-electron chi connectivity index (χ2n) is 3.60. The van der Waals surface area contributed by atoms with Gasteiger partial charge < -0.3 is 5.32 Å². The molecule has 0 aliphatic carbocycles. The van der Waals surface area contributed by atoms with E-state index in [9.17, 15) is 4.79 Å². The van der Waals surface area contributed by atoms with E-state index in [1.807, 2.05) is 25.1 Å². The lowest BCUT2D eigenvalue weighted by atomic mass is 10.1. The van der Waals surface area contributed by atoms with Crippen LogP contribution >= 0.6 is 11.3 Å². The number of nitrogens with one attached hydrogen (secondary N) is 2. The number of benzene rings is 1. The van der Waals surface area contributed by atoms with Crippen LogP contribution in [0.5, 0.6) is 0 Å². The Morgan fingerprint density at radius 3 is 2.78 bits per heavy atom. The van der Waals surface area contributed by atoms with Crippen molar-refractivity contribution in [1.29, 1.82) is 0 Å². The van der Waals surface area contributed by atoms with E-state index in [4.69, 9.17) is 0 Å². The van der Waals surface area contributed by atoms with Crippen LogP contribution in [0.15, 0.2) is 24.3 Å². The first kappa shape index (κ1) is 12.5. The third kappa shape index (κ3) is 2.65. The Bertz CT molecular complexity index is 553. The smallest absolute Gasteiger partial charge is 0.259 e. The van der Waals surface area contributed by atoms with Crippen molar-refractivity contribution in [2.24, 2.45) is 0 Å². The Hall–Kier alpha value is -1.95. The molecule has 0 radical (unpaired) electrons. The summed E-state index contributed by atoms with van der Waals surface area (Å²) in [7, 11) is 1.78. The summed E-state index contributed by atoms with van der Waals surface area (Å²) in [4.78, 5) is 12.1. The summed E-state index contributed by atoms with van der Waals surface area (Å²) in [6.07, 6.45) is 0.820. The molecule has 0 saturated carbocycles. The maximum Gasteiger partial charge on any atom is 0.259 e. The van der Waals surface area contributed by atoms with Gasteiger partial charge in [0.2, 0.25) is 5.13 Å². The average Bonchev–Trinajstić information content (AvgIpc) is 2.86. The van der Waals surface area contributed by atoms with Crippen LogP contribution in [0, 0.1) is 0 Å². The molecule has 0 atom stereocenters. The molecule has 0 saturated heterocycles. The highest BCUT2D eigenvalue weighted by Crippen LogP contribution is 2.19. The van der Waals surface area contributed by atoms with E-state index >= 15 is 0 Å². The minimum Gasteiger partial charge on any atom is -0.387 e. The summed E-state index contributed by atoms with van der Waals surface area (Å²) >= 11 is 1.39. The highest BCUT2D eigenvalue weighted by atomic mass is 32.1. The average molecular weight is 262 g/mol. The third-order valence-electron chi connectivity index (χ3n) is 2.43. The number of amides is 1. The summed E-state index contributed by atoms with van der Waals surface area (Å²) in [6, 6.07) is 7.32. The van der Waals surface area contributed by atoms with Gasteiger partial charge in [0.1, 0.15) is 5.01 Å². The lowest BCUT2D eigenvalue weighted by molar-refractivity contribution is 0.102. The number of carbonyl (C=O) groups excluding carboxylic acids is 1. The van der Waals surface area contributed by atoms with E-state index in [0.717, 1.165) is 17.1 Å². The van der Waals surface area contributed by atoms with E-state index in [-0.39, 0.29) is 5.91 Å². The standard InChI is InChI=1S/C12H14N4OS/c1-3-10-15-16-12(18-10)14-11(17)8-6-4-5-7-9(8)13-2/h4-7,13H,3H2,1-2H3,(H,14,16,17). The third-order valence-corrected chi connectivity index (χ3v) is 3.41. The second kappa shape index (κ2) is 5.59. The van der Waals surface area contributed by atoms with Crippen LogP contribution in [0.4, 0.5) is 10.8 Å². The van der Waals surface area contributed by atoms with E-state index in [1.165, 1.54) is 11.3 Å². The molecular weight excluding hydrogens is 248 g/mol. The van der Waals surface area contributed by atoms with E-state index in [0.29, 0.717) is 10.7 Å². The topological polar surface area (TPSA) is 66.9 Å². The largest absolute Gasteiger partial charge is 0.387 e. The predicted molar refractivity (Wildman–Crippen MR) is 73.2 cm³/mol. The Kier molecular flexibility index (Phi) is 3.88. The first-order chi connectivity index (χ1) is 8.74. The number of nitrogens with zero attached hydrogens (tertiary/aromatic N) is 2. The molecule has 6 heteroatoms. The van der Waals surface area contributed by atoms with Crippen molar-refractivity contribution < 1.29 is 4.79 Å². The van der Waals surface area contributed by atoms with Crippen molar-refractivity contribution in [1.82, 2.24) is 10.2 Å². The van der Waals surface area contributed by atoms with Crippen LogP contribution in [0.1, 0.15) is 22.3 Å². The fraction of sp³-hybridized carbons (Fsp3) is 0.250. The molecule has 1 amide bonds. The molecule has 18 heavy (non-hydrogen) atoms. The lowest BCUT2D eigenvalue weighted by Gasteiger charge is -2.07. The van der Waals surface area contributed by atoms with Crippen LogP contribution in [0.25, 0.3) is 0 Å². The molecule has 2 aromatic rings. The van der Waals surface area contributed by atoms with Gasteiger partial charge in [-0.1, -0.05) is 30.4 Å². The second-order valence-corrected chi connectivity index (χ2v) is 4.67. The zero-order chi connectivity index (χ0) is 13.0. The zero-order valence-electron chi connectivity index (χ0n) is 10.2. The van der Waals surface area contributed by atoms with Gasteiger partial charge in [-0.25, -0.2) is 0 Å². The first-order valence-corrected chi connectivity index (χ1v) is 6.46. The summed E-state index contributed by atoms with van der Waals surface area (Å²) in [6.45, 7) is 2.00. The Morgan fingerprint density at radius 1 is 1.33 bits per heavy atom. The Labute approximate surface area is 109 Å². The summed E-state index contributed by atoms with van der Waals surface area (Å²) < 4.78 is 0. The van der Waals surface area contributed by atoms with Gasteiger partial charge in [0, 0.05) is 12.7 Å². The van der Waals surface area contributed by atoms with Gasteiger partial charge >= 0.3 is 0 Å². The number of aromatic nitrogens is 2. The summed E-state index contributed by atoms with van der Waals surface area (Å²) in [5, 5.41) is 15.1. The quantitative estimate of drug-likeness (QED) is 0.888. The lowest BCUT2D eigenvalue weighted by Crippen LogP contribution is -2.13. The SMILES string of the molecule is CCc1nnc(NC(=O)c2ccccc2NC)s1. The predicted octanol–water partition coefficient (Wildman–Crippen LogP) is 2.39. The normalized spacial score (nSPS) is 10.1. The van der Waals surface area contributed by atoms with Crippen molar-refractivity contribution in [3.63, 3.8) is 0 Å². The minimum atomic E-state index is -0.182. The number of hydrogen-bond acceptors (Lipinski definition) is 5. The highest BCUT2D eigenvalue weighted by molar-refractivity contribution is 7.15. The van der Waals surface area contributed by atoms with Crippen molar-refractivity contribution in [3.8, 4) is 0 Å². The number of para-hydroxylation sites is 1. The first-order valence-electron chi connectivity index (χ1n) is 5.65. The molecule has 1 aromatic heterocycles. The van der Waals surface area contributed by atoms with Gasteiger partial charge in [-0.05, 0) is 18.6 Å². The molecule has 1 heterocycles. The molecule has 5 nitrogen and oxygen atoms in total. The highest BCUT2D eigenvalue weighted by Gasteiger charge is 2.12. The van der Waals surface area contributed by atoms with E-state index in [1.54, 1.807) is 13.1 Å². The summed E-state index contributed by atoms with van der Waals surface area (Å²) in [5.41, 5.74) is 1.38. The monoisotopic (exact) mass is 262 g/mol. The maximum atomic E-state index is 12.1. The molecule has 0 spiro atoms. The Balaban J connectivity index is 2.16. The van der Waals surface area contributed by atoms with Gasteiger partial charge in [-0.2, -0.15) is 0 Å². The van der Waals surface area contributed by atoms with Crippen LogP contribution in [-0.4, -0.2) is 23.2 Å². The Morgan fingerprint density at radius 2 is 2.11 bits per heavy atom. The minimum absolute atomic E-state index is 0.182. The fourth-order valence-electron chi connectivity index (χ4n) is 1.51. The number of rotatable bonds is 4. The molecule has 0 bridgehead atoms. The molecule has 0 aliphatic heterocycles. The molecule has 0 unspecified atom stereocenters. The van der Waals surface area contributed by atoms with E-state index in [2.05, 4.69) is 20.8 Å². The van der Waals surface area contributed by atoms with Crippen molar-refractivity contribution in [2.45, 2.75) is 13.3 Å². The maximum absolute atomic E-state index is 12.1. The van der Waals surface area contributed by atoms with Gasteiger partial charge in [-0.15, -0.1) is 10.2 Å². The van der Waals surface area contributed by atoms with Crippen molar-refractivity contribution in [3.05, 3.63) is 34.8 Å². The molecular formula is C12H14N4OS. The van der Waals surface area contributed by atoms with Crippen molar-refractivity contribution >= 4 is 28.1 Å². The molecule has 2 rings (SSSR count). The summed E-state index contributed by atoms with van der Waals surface area (Å²) in [5.74, 6) is -0.182. The van der Waals surface area contributed by atoms with Gasteiger partial charge in [0.25, 0.3) is 5.91 Å². The van der Waals surface area contributed by atoms with Crippen LogP contribution < -0.4 is 10.6 Å². The zero-order valence-corrected chi connectivity index (χ0v) is 11.0. The number of carbonyl (C=O) groups is 1. The van der Waals surface area contributed by atoms with Crippen LogP contribution in [-0.2, 0) is 6.42 Å². The molecule has 2 N–H and O–H groups in total. The van der Waals surface area contributed by atoms with Gasteiger partial charge in [-0.3, -0.25) is 10.1 Å². The molecule has 94 valence electrons. The number of hydrogen-bond donors (Lipinski definition) is 2. The van der Waals surface area contributed by atoms with Crippen LogP contribution in [0.3, 0.4) is 0 Å². The van der Waals surface area contributed by atoms with E-state index < -0.39 is 0 Å². The number of aryl methyl sites for hydroxylation is 1. The van der Waals surface area contributed by atoms with Gasteiger partial charge in [0.05, 0.1) is 5.56 Å². The van der Waals surface area contributed by atoms with Crippen LogP contribution in [0.2, 0.25) is 0 Å². The molecule has 0 aliphatic rings. The fourth-order valence-corrected chi connectivity index (χ4v) is 2.19. The van der Waals surface area contributed by atoms with Crippen molar-refractivity contribution in [2.75, 3.05) is 17.7 Å².